The molecule has 1 aliphatic heterocycles. The van der Waals surface area contributed by atoms with Crippen LogP contribution in [0, 0.1) is 0 Å². The third kappa shape index (κ3) is 5.74. The highest BCUT2D eigenvalue weighted by Crippen LogP contribution is 2.40. The maximum absolute atomic E-state index is 6.92. The van der Waals surface area contributed by atoms with Crippen molar-refractivity contribution < 1.29 is 0 Å². The molecular formula is C29H37ClN2. The predicted molar refractivity (Wildman–Crippen MR) is 140 cm³/mol. The van der Waals surface area contributed by atoms with E-state index in [4.69, 9.17) is 11.6 Å². The van der Waals surface area contributed by atoms with E-state index in [-0.39, 0.29) is 11.5 Å². The van der Waals surface area contributed by atoms with Crippen LogP contribution in [-0.4, -0.2) is 17.5 Å². The molecule has 2 aromatic carbocycles. The smallest absolute Gasteiger partial charge is 0.0523 e. The van der Waals surface area contributed by atoms with E-state index in [1.165, 1.54) is 12.0 Å². The summed E-state index contributed by atoms with van der Waals surface area (Å²) in [6.07, 6.45) is 7.34. The van der Waals surface area contributed by atoms with E-state index in [0.717, 1.165) is 65.3 Å². The Hall–Kier alpha value is -2.29. The predicted octanol–water partition coefficient (Wildman–Crippen LogP) is 8.07. The van der Waals surface area contributed by atoms with E-state index in [1.54, 1.807) is 0 Å². The van der Waals surface area contributed by atoms with Gasteiger partial charge in [0.2, 0.25) is 0 Å². The first-order chi connectivity index (χ1) is 15.2. The van der Waals surface area contributed by atoms with Crippen LogP contribution in [-0.2, 0) is 6.54 Å². The number of benzene rings is 2. The molecule has 0 bridgehead atoms. The van der Waals surface area contributed by atoms with Gasteiger partial charge in [-0.2, -0.15) is 0 Å². The molecule has 1 heterocycles. The summed E-state index contributed by atoms with van der Waals surface area (Å²) in [5.41, 5.74) is 6.83. The zero-order valence-corrected chi connectivity index (χ0v) is 20.6. The SMILES string of the molecule is C=CCCCC(C)(C)N(C)Cc1ccc(-c2cccc(C3CCC(=C)NC3=C)c2Cl)cc1. The summed E-state index contributed by atoms with van der Waals surface area (Å²) in [4.78, 5) is 2.44. The van der Waals surface area contributed by atoms with Crippen LogP contribution < -0.4 is 5.32 Å². The van der Waals surface area contributed by atoms with Crippen LogP contribution in [0.4, 0.5) is 0 Å². The van der Waals surface area contributed by atoms with Crippen molar-refractivity contribution in [1.82, 2.24) is 10.2 Å². The van der Waals surface area contributed by atoms with Gasteiger partial charge >= 0.3 is 0 Å². The van der Waals surface area contributed by atoms with Gasteiger partial charge in [0, 0.05) is 35.0 Å². The average Bonchev–Trinajstić information content (AvgIpc) is 2.75. The molecule has 1 aliphatic rings. The normalized spacial score (nSPS) is 16.8. The van der Waals surface area contributed by atoms with Crippen LogP contribution >= 0.6 is 11.6 Å². The summed E-state index contributed by atoms with van der Waals surface area (Å²) in [6.45, 7) is 17.6. The van der Waals surface area contributed by atoms with Gasteiger partial charge in [0.15, 0.2) is 0 Å². The minimum absolute atomic E-state index is 0.154. The molecule has 2 nitrogen and oxygen atoms in total. The molecule has 0 spiro atoms. The maximum atomic E-state index is 6.92. The van der Waals surface area contributed by atoms with Crippen LogP contribution in [0.25, 0.3) is 11.1 Å². The van der Waals surface area contributed by atoms with E-state index >= 15 is 0 Å². The van der Waals surface area contributed by atoms with Crippen molar-refractivity contribution in [2.75, 3.05) is 7.05 Å². The summed E-state index contributed by atoms with van der Waals surface area (Å²) in [6, 6.07) is 15.1. The molecule has 1 saturated heterocycles. The lowest BCUT2D eigenvalue weighted by molar-refractivity contribution is 0.135. The largest absolute Gasteiger partial charge is 0.363 e. The van der Waals surface area contributed by atoms with Gasteiger partial charge in [-0.15, -0.1) is 6.58 Å². The van der Waals surface area contributed by atoms with Gasteiger partial charge in [0.05, 0.1) is 5.02 Å². The number of rotatable bonds is 9. The number of piperidine rings is 1. The molecule has 1 atom stereocenters. The standard InChI is InChI=1S/C29H37ClN2/c1-7-8-9-19-29(4,5)32(6)20-23-14-16-24(17-15-23)26-11-10-12-27(28(26)30)25-18-13-21(2)31-22(25)3/h7,10-12,14-17,25,31H,1-3,8-9,13,18-20H2,4-6H3. The molecule has 170 valence electrons. The maximum Gasteiger partial charge on any atom is 0.0523 e. The Morgan fingerprint density at radius 3 is 2.53 bits per heavy atom. The van der Waals surface area contributed by atoms with Crippen molar-refractivity contribution in [3.8, 4) is 11.1 Å². The first kappa shape index (κ1) is 24.4. The van der Waals surface area contributed by atoms with Crippen molar-refractivity contribution >= 4 is 11.6 Å². The average molecular weight is 449 g/mol. The van der Waals surface area contributed by atoms with Gasteiger partial charge in [0.25, 0.3) is 0 Å². The Morgan fingerprint density at radius 2 is 1.88 bits per heavy atom. The first-order valence-electron chi connectivity index (χ1n) is 11.6. The van der Waals surface area contributed by atoms with Crippen LogP contribution in [0.2, 0.25) is 5.02 Å². The van der Waals surface area contributed by atoms with Gasteiger partial charge in [-0.25, -0.2) is 0 Å². The number of unbranched alkanes of at least 4 members (excludes halogenated alkanes) is 1. The Kier molecular flexibility index (Phi) is 8.03. The molecule has 3 heteroatoms. The molecule has 2 aromatic rings. The van der Waals surface area contributed by atoms with Crippen molar-refractivity contribution in [1.29, 1.82) is 0 Å². The fraction of sp³-hybridized carbons (Fsp3) is 0.379. The number of halogens is 1. The van der Waals surface area contributed by atoms with Crippen molar-refractivity contribution in [2.24, 2.45) is 0 Å². The first-order valence-corrected chi connectivity index (χ1v) is 11.9. The Labute approximate surface area is 199 Å². The minimum atomic E-state index is 0.154. The summed E-state index contributed by atoms with van der Waals surface area (Å²) in [5, 5.41) is 4.13. The molecule has 0 amide bonds. The van der Waals surface area contributed by atoms with Crippen molar-refractivity contribution in [2.45, 2.75) is 64.0 Å². The quantitative estimate of drug-likeness (QED) is 0.308. The highest BCUT2D eigenvalue weighted by molar-refractivity contribution is 6.34. The van der Waals surface area contributed by atoms with Crippen LogP contribution in [0.15, 0.2) is 79.7 Å². The van der Waals surface area contributed by atoms with Gasteiger partial charge < -0.3 is 5.32 Å². The van der Waals surface area contributed by atoms with Gasteiger partial charge in [0.1, 0.15) is 0 Å². The number of hydrogen-bond acceptors (Lipinski definition) is 2. The van der Waals surface area contributed by atoms with Gasteiger partial charge in [-0.05, 0) is 69.7 Å². The van der Waals surface area contributed by atoms with E-state index in [2.05, 4.69) is 93.3 Å². The molecule has 0 aliphatic carbocycles. The van der Waals surface area contributed by atoms with Crippen LogP contribution in [0.5, 0.6) is 0 Å². The third-order valence-corrected chi connectivity index (χ3v) is 7.23. The van der Waals surface area contributed by atoms with E-state index in [0.29, 0.717) is 0 Å². The zero-order chi connectivity index (χ0) is 23.3. The highest BCUT2D eigenvalue weighted by Gasteiger charge is 2.25. The number of nitrogens with zero attached hydrogens (tertiary/aromatic N) is 1. The molecule has 1 fully saturated rings. The monoisotopic (exact) mass is 448 g/mol. The lowest BCUT2D eigenvalue weighted by atomic mass is 9.86. The lowest BCUT2D eigenvalue weighted by Gasteiger charge is -2.36. The Balaban J connectivity index is 1.74. The topological polar surface area (TPSA) is 15.3 Å². The second kappa shape index (κ2) is 10.6. The summed E-state index contributed by atoms with van der Waals surface area (Å²) in [5.74, 6) is 0.212. The summed E-state index contributed by atoms with van der Waals surface area (Å²) < 4.78 is 0. The van der Waals surface area contributed by atoms with Crippen molar-refractivity contribution in [3.05, 3.63) is 95.8 Å². The van der Waals surface area contributed by atoms with Crippen molar-refractivity contribution in [3.63, 3.8) is 0 Å². The highest BCUT2D eigenvalue weighted by atomic mass is 35.5. The zero-order valence-electron chi connectivity index (χ0n) is 19.9. The Morgan fingerprint density at radius 1 is 1.16 bits per heavy atom. The van der Waals surface area contributed by atoms with E-state index in [1.807, 2.05) is 6.08 Å². The van der Waals surface area contributed by atoms with E-state index < -0.39 is 0 Å². The molecule has 1 unspecified atom stereocenters. The number of nitrogens with one attached hydrogen (secondary N) is 1. The van der Waals surface area contributed by atoms with Gasteiger partial charge in [-0.1, -0.05) is 73.3 Å². The molecular weight excluding hydrogens is 412 g/mol. The second-order valence-corrected chi connectivity index (χ2v) is 9.98. The van der Waals surface area contributed by atoms with E-state index in [9.17, 15) is 0 Å². The number of allylic oxidation sites excluding steroid dienone is 3. The van der Waals surface area contributed by atoms with Crippen LogP contribution in [0.1, 0.15) is 63.0 Å². The molecule has 32 heavy (non-hydrogen) atoms. The minimum Gasteiger partial charge on any atom is -0.363 e. The lowest BCUT2D eigenvalue weighted by Crippen LogP contribution is -2.40. The van der Waals surface area contributed by atoms with Gasteiger partial charge in [-0.3, -0.25) is 4.90 Å². The fourth-order valence-electron chi connectivity index (χ4n) is 4.40. The fourth-order valence-corrected chi connectivity index (χ4v) is 4.77. The molecule has 1 N–H and O–H groups in total. The molecule has 3 rings (SSSR count). The third-order valence-electron chi connectivity index (χ3n) is 6.81. The molecule has 0 aromatic heterocycles. The second-order valence-electron chi connectivity index (χ2n) is 9.60. The molecule has 0 radical (unpaired) electrons. The summed E-state index contributed by atoms with van der Waals surface area (Å²) >= 11 is 6.92. The Bertz CT molecular complexity index is 971. The number of hydrogen-bond donors (Lipinski definition) is 1. The van der Waals surface area contributed by atoms with Crippen LogP contribution in [0.3, 0.4) is 0 Å². The molecule has 0 saturated carbocycles. The summed E-state index contributed by atoms with van der Waals surface area (Å²) in [7, 11) is 2.21.